The molecule has 7 heteroatoms. The second-order valence-electron chi connectivity index (χ2n) is 6.16. The number of nitrogens with one attached hydrogen (secondary N) is 1. The molecule has 0 aliphatic carbocycles. The number of imidazole rings is 1. The number of methoxy groups -OCH3 is 1. The summed E-state index contributed by atoms with van der Waals surface area (Å²) >= 11 is 0. The molecule has 7 nitrogen and oxygen atoms in total. The Morgan fingerprint density at radius 3 is 2.92 bits per heavy atom. The minimum absolute atomic E-state index is 0.598. The molecule has 0 saturated carbocycles. The number of anilines is 1. The van der Waals surface area contributed by atoms with Gasteiger partial charge in [0.2, 0.25) is 5.95 Å². The van der Waals surface area contributed by atoms with E-state index in [1.165, 1.54) is 0 Å². The molecular formula is C18H21N5O2. The van der Waals surface area contributed by atoms with E-state index in [1.807, 2.05) is 29.0 Å². The quantitative estimate of drug-likeness (QED) is 0.770. The van der Waals surface area contributed by atoms with Gasteiger partial charge >= 0.3 is 0 Å². The second-order valence-corrected chi connectivity index (χ2v) is 6.16. The molecule has 1 saturated heterocycles. The van der Waals surface area contributed by atoms with Crippen LogP contribution in [-0.2, 0) is 4.74 Å². The Labute approximate surface area is 146 Å². The van der Waals surface area contributed by atoms with Crippen molar-refractivity contribution < 1.29 is 9.47 Å². The maximum Gasteiger partial charge on any atom is 0.237 e. The third-order valence-corrected chi connectivity index (χ3v) is 4.53. The topological polar surface area (TPSA) is 74.1 Å². The molecular weight excluding hydrogens is 318 g/mol. The van der Waals surface area contributed by atoms with Crippen molar-refractivity contribution in [3.05, 3.63) is 36.9 Å². The van der Waals surface area contributed by atoms with Crippen LogP contribution in [0.2, 0.25) is 0 Å². The normalized spacial score (nSPS) is 15.4. The lowest BCUT2D eigenvalue weighted by molar-refractivity contribution is 0.0699. The van der Waals surface area contributed by atoms with Gasteiger partial charge in [0.05, 0.1) is 12.6 Å². The van der Waals surface area contributed by atoms with E-state index in [-0.39, 0.29) is 0 Å². The van der Waals surface area contributed by atoms with Gasteiger partial charge in [-0.3, -0.25) is 4.57 Å². The number of rotatable bonds is 5. The maximum absolute atomic E-state index is 5.44. The summed E-state index contributed by atoms with van der Waals surface area (Å²) in [5, 5.41) is 4.47. The molecule has 0 bridgehead atoms. The number of nitrogens with zero attached hydrogens (tertiary/aromatic N) is 4. The fraction of sp³-hybridized carbons (Fsp3) is 0.389. The Balaban J connectivity index is 1.70. The van der Waals surface area contributed by atoms with Gasteiger partial charge in [-0.15, -0.1) is 0 Å². The van der Waals surface area contributed by atoms with Crippen molar-refractivity contribution in [2.45, 2.75) is 12.8 Å². The van der Waals surface area contributed by atoms with Gasteiger partial charge in [-0.25, -0.2) is 9.97 Å². The zero-order valence-electron chi connectivity index (χ0n) is 14.2. The predicted molar refractivity (Wildman–Crippen MR) is 95.2 cm³/mol. The van der Waals surface area contributed by atoms with Gasteiger partial charge in [0.15, 0.2) is 0 Å². The largest absolute Gasteiger partial charge is 0.497 e. The van der Waals surface area contributed by atoms with Crippen molar-refractivity contribution in [1.29, 1.82) is 0 Å². The standard InChI is InChI=1S/C18H21N5O2/c1-24-14-2-3-16-15(10-14)17(20-11-13-4-8-25-9-5-13)22-18(21-16)23-7-6-19-12-23/h2-3,6-7,10,12-13H,4-5,8-9,11H2,1H3,(H,20,21,22). The van der Waals surface area contributed by atoms with E-state index < -0.39 is 0 Å². The van der Waals surface area contributed by atoms with Crippen molar-refractivity contribution >= 4 is 16.7 Å². The molecule has 0 unspecified atom stereocenters. The van der Waals surface area contributed by atoms with Gasteiger partial charge in [0.1, 0.15) is 17.9 Å². The fourth-order valence-electron chi connectivity index (χ4n) is 3.04. The third kappa shape index (κ3) is 3.41. The van der Waals surface area contributed by atoms with E-state index in [0.29, 0.717) is 11.9 Å². The molecule has 1 aliphatic heterocycles. The molecule has 1 N–H and O–H groups in total. The van der Waals surface area contributed by atoms with Crippen LogP contribution in [0.3, 0.4) is 0 Å². The van der Waals surface area contributed by atoms with Crippen LogP contribution in [0.5, 0.6) is 5.75 Å². The van der Waals surface area contributed by atoms with Crippen LogP contribution in [0.4, 0.5) is 5.82 Å². The summed E-state index contributed by atoms with van der Waals surface area (Å²) in [6.45, 7) is 2.55. The van der Waals surface area contributed by atoms with E-state index in [9.17, 15) is 0 Å². The number of fused-ring (bicyclic) bond motifs is 1. The van der Waals surface area contributed by atoms with Crippen LogP contribution in [-0.4, -0.2) is 46.4 Å². The summed E-state index contributed by atoms with van der Waals surface area (Å²) in [6.07, 6.45) is 7.41. The second kappa shape index (κ2) is 7.06. The fourth-order valence-corrected chi connectivity index (χ4v) is 3.04. The predicted octanol–water partition coefficient (Wildman–Crippen LogP) is 2.66. The van der Waals surface area contributed by atoms with E-state index in [4.69, 9.17) is 14.5 Å². The van der Waals surface area contributed by atoms with Crippen molar-refractivity contribution in [3.8, 4) is 11.7 Å². The number of ether oxygens (including phenoxy) is 2. The first-order chi connectivity index (χ1) is 12.3. The van der Waals surface area contributed by atoms with Crippen LogP contribution in [0.15, 0.2) is 36.9 Å². The lowest BCUT2D eigenvalue weighted by Gasteiger charge is -2.23. The van der Waals surface area contributed by atoms with Gasteiger partial charge in [-0.2, -0.15) is 4.98 Å². The molecule has 130 valence electrons. The Bertz CT molecular complexity index is 844. The van der Waals surface area contributed by atoms with Crippen molar-refractivity contribution in [3.63, 3.8) is 0 Å². The highest BCUT2D eigenvalue weighted by Gasteiger charge is 2.16. The molecule has 1 aliphatic rings. The van der Waals surface area contributed by atoms with Crippen LogP contribution < -0.4 is 10.1 Å². The van der Waals surface area contributed by atoms with E-state index in [0.717, 1.165) is 55.1 Å². The van der Waals surface area contributed by atoms with Crippen molar-refractivity contribution in [2.75, 3.05) is 32.2 Å². The van der Waals surface area contributed by atoms with Crippen LogP contribution in [0.25, 0.3) is 16.9 Å². The summed E-state index contributed by atoms with van der Waals surface area (Å²) in [4.78, 5) is 13.4. The third-order valence-electron chi connectivity index (χ3n) is 4.53. The molecule has 0 spiro atoms. The smallest absolute Gasteiger partial charge is 0.237 e. The van der Waals surface area contributed by atoms with Gasteiger partial charge in [0.25, 0.3) is 0 Å². The summed E-state index contributed by atoms with van der Waals surface area (Å²) in [6, 6.07) is 5.84. The minimum Gasteiger partial charge on any atom is -0.497 e. The minimum atomic E-state index is 0.598. The molecule has 0 atom stereocenters. The lowest BCUT2D eigenvalue weighted by Crippen LogP contribution is -2.23. The first-order valence-electron chi connectivity index (χ1n) is 8.49. The van der Waals surface area contributed by atoms with Crippen LogP contribution >= 0.6 is 0 Å². The van der Waals surface area contributed by atoms with E-state index in [1.54, 1.807) is 19.6 Å². The highest BCUT2D eigenvalue weighted by atomic mass is 16.5. The molecule has 1 fully saturated rings. The Kier molecular flexibility index (Phi) is 4.47. The van der Waals surface area contributed by atoms with Crippen LogP contribution in [0.1, 0.15) is 12.8 Å². The van der Waals surface area contributed by atoms with Gasteiger partial charge in [-0.05, 0) is 37.0 Å². The molecule has 25 heavy (non-hydrogen) atoms. The summed E-state index contributed by atoms with van der Waals surface area (Å²) in [5.41, 5.74) is 0.869. The van der Waals surface area contributed by atoms with Crippen molar-refractivity contribution in [1.82, 2.24) is 19.5 Å². The molecule has 2 aromatic heterocycles. The average molecular weight is 339 g/mol. The molecule has 4 rings (SSSR count). The average Bonchev–Trinajstić information content (AvgIpc) is 3.21. The summed E-state index contributed by atoms with van der Waals surface area (Å²) in [5.74, 6) is 2.81. The molecule has 1 aromatic carbocycles. The lowest BCUT2D eigenvalue weighted by atomic mass is 10.0. The number of benzene rings is 1. The van der Waals surface area contributed by atoms with Gasteiger partial charge in [-0.1, -0.05) is 0 Å². The first-order valence-corrected chi connectivity index (χ1v) is 8.49. The van der Waals surface area contributed by atoms with Crippen molar-refractivity contribution in [2.24, 2.45) is 5.92 Å². The zero-order valence-corrected chi connectivity index (χ0v) is 14.2. The first kappa shape index (κ1) is 15.8. The Hall–Kier alpha value is -2.67. The van der Waals surface area contributed by atoms with E-state index in [2.05, 4.69) is 15.3 Å². The zero-order chi connectivity index (χ0) is 17.1. The van der Waals surface area contributed by atoms with Gasteiger partial charge in [0, 0.05) is 37.5 Å². The molecule has 3 aromatic rings. The summed E-state index contributed by atoms with van der Waals surface area (Å²) in [7, 11) is 1.66. The Morgan fingerprint density at radius 2 is 2.16 bits per heavy atom. The molecule has 0 radical (unpaired) electrons. The monoisotopic (exact) mass is 339 g/mol. The maximum atomic E-state index is 5.44. The number of hydrogen-bond donors (Lipinski definition) is 1. The van der Waals surface area contributed by atoms with Crippen LogP contribution in [0, 0.1) is 5.92 Å². The molecule has 0 amide bonds. The highest BCUT2D eigenvalue weighted by Crippen LogP contribution is 2.27. The number of aromatic nitrogens is 4. The summed E-state index contributed by atoms with van der Waals surface area (Å²) < 4.78 is 12.6. The SMILES string of the molecule is COc1ccc2nc(-n3ccnc3)nc(NCC3CCOCC3)c2c1. The molecule has 3 heterocycles. The number of hydrogen-bond acceptors (Lipinski definition) is 6. The highest BCUT2D eigenvalue weighted by molar-refractivity contribution is 5.90. The van der Waals surface area contributed by atoms with Gasteiger partial charge < -0.3 is 14.8 Å². The van der Waals surface area contributed by atoms with E-state index >= 15 is 0 Å². The Morgan fingerprint density at radius 1 is 1.28 bits per heavy atom.